The van der Waals surface area contributed by atoms with Crippen molar-refractivity contribution in [2.45, 2.75) is 88.4 Å². The maximum atomic E-state index is 13.2. The van der Waals surface area contributed by atoms with E-state index >= 15 is 0 Å². The predicted molar refractivity (Wildman–Crippen MR) is 119 cm³/mol. The van der Waals surface area contributed by atoms with Crippen LogP contribution in [-0.2, 0) is 28.7 Å². The zero-order chi connectivity index (χ0) is 26.3. The van der Waals surface area contributed by atoms with Gasteiger partial charge in [-0.2, -0.15) is 0 Å². The third-order valence-electron chi connectivity index (χ3n) is 6.06. The molecule has 2 fully saturated rings. The number of carboxylic acid groups (broad SMARTS) is 1. The lowest BCUT2D eigenvalue weighted by atomic mass is 9.96. The molecule has 2 heterocycles. The van der Waals surface area contributed by atoms with E-state index < -0.39 is 85.5 Å². The highest BCUT2D eigenvalue weighted by Gasteiger charge is 2.47. The number of nitrogens with one attached hydrogen (secondary N) is 2. The summed E-state index contributed by atoms with van der Waals surface area (Å²) >= 11 is 0. The number of amides is 3. The lowest BCUT2D eigenvalue weighted by Gasteiger charge is -2.44. The molecule has 0 aromatic rings. The summed E-state index contributed by atoms with van der Waals surface area (Å²) in [6, 6.07) is -2.98. The van der Waals surface area contributed by atoms with Crippen LogP contribution in [0.15, 0.2) is 0 Å². The first kappa shape index (κ1) is 28.9. The molecular formula is C21H36N4O10. The number of nitrogens with zero attached hydrogens (tertiary/aromatic N) is 1. The second kappa shape index (κ2) is 13.1. The molecule has 200 valence electrons. The Kier molecular flexibility index (Phi) is 10.8. The average Bonchev–Trinajstić information content (AvgIpc) is 3.31. The lowest BCUT2D eigenvalue weighted by molar-refractivity contribution is -0.268. The molecule has 0 aromatic heterocycles. The highest BCUT2D eigenvalue weighted by molar-refractivity contribution is 5.89. The number of ether oxygens (including phenoxy) is 2. The van der Waals surface area contributed by atoms with Gasteiger partial charge in [-0.1, -0.05) is 0 Å². The topological polar surface area (TPSA) is 221 Å². The summed E-state index contributed by atoms with van der Waals surface area (Å²) in [6.07, 6.45) is -5.64. The van der Waals surface area contributed by atoms with E-state index in [-0.39, 0.29) is 13.0 Å². The molecule has 2 aliphatic rings. The van der Waals surface area contributed by atoms with Crippen molar-refractivity contribution in [1.29, 1.82) is 0 Å². The van der Waals surface area contributed by atoms with E-state index in [9.17, 15) is 34.5 Å². The Morgan fingerprint density at radius 1 is 1.29 bits per heavy atom. The zero-order valence-electron chi connectivity index (χ0n) is 19.8. The number of rotatable bonds is 12. The van der Waals surface area contributed by atoms with Crippen molar-refractivity contribution in [3.8, 4) is 0 Å². The molecule has 8 N–H and O–H groups in total. The number of hydrogen-bond donors (Lipinski definition) is 7. The molecule has 3 amide bonds. The summed E-state index contributed by atoms with van der Waals surface area (Å²) in [6.45, 7) is 2.54. The van der Waals surface area contributed by atoms with Gasteiger partial charge in [-0.25, -0.2) is 0 Å². The SMILES string of the molecule is CC(=O)N[C@@H]1[C@@H](OC(C)CN(C(=O)[C@@H]2CCCN2)[C@H](CCC(=O)O)C(N)=O)[C@H](O)[C@@H](CO)O[C@@H]1O. The predicted octanol–water partition coefficient (Wildman–Crippen LogP) is -3.37. The standard InChI is InChI=1S/C21H36N4O10/c1-10(34-18-16(24-11(2)27)21(33)35-14(9-26)17(18)30)8-25(20(32)12-4-3-7-23-12)13(19(22)31)5-6-15(28)29/h10,12-14,16-18,21,23,26,30,33H,3-9H2,1-2H3,(H2,22,31)(H,24,27)(H,28,29)/t10?,12-,13+,14+,16+,17+,18+,21-/m0/s1. The van der Waals surface area contributed by atoms with Crippen LogP contribution in [0.5, 0.6) is 0 Å². The van der Waals surface area contributed by atoms with Crippen LogP contribution in [0, 0.1) is 0 Å². The first-order valence-electron chi connectivity index (χ1n) is 11.6. The van der Waals surface area contributed by atoms with Crippen molar-refractivity contribution in [3.63, 3.8) is 0 Å². The normalized spacial score (nSPS) is 30.3. The van der Waals surface area contributed by atoms with Gasteiger partial charge in [0.15, 0.2) is 6.29 Å². The number of primary amides is 1. The van der Waals surface area contributed by atoms with Crippen LogP contribution in [-0.4, -0.2) is 118 Å². The van der Waals surface area contributed by atoms with Gasteiger partial charge in [0.2, 0.25) is 17.7 Å². The molecule has 0 aromatic carbocycles. The third-order valence-corrected chi connectivity index (χ3v) is 6.06. The third kappa shape index (κ3) is 7.81. The number of aliphatic hydroxyl groups excluding tert-OH is 3. The van der Waals surface area contributed by atoms with Crippen LogP contribution in [0.1, 0.15) is 39.5 Å². The van der Waals surface area contributed by atoms with Crippen molar-refractivity contribution in [3.05, 3.63) is 0 Å². The lowest BCUT2D eigenvalue weighted by Crippen LogP contribution is -2.65. The van der Waals surface area contributed by atoms with E-state index in [0.717, 1.165) is 6.42 Å². The minimum Gasteiger partial charge on any atom is -0.481 e. The number of hydrogen-bond acceptors (Lipinski definition) is 10. The Morgan fingerprint density at radius 2 is 1.97 bits per heavy atom. The van der Waals surface area contributed by atoms with Gasteiger partial charge < -0.3 is 51.2 Å². The van der Waals surface area contributed by atoms with E-state index in [2.05, 4.69) is 10.6 Å². The number of carbonyl (C=O) groups is 4. The minimum atomic E-state index is -1.59. The monoisotopic (exact) mass is 504 g/mol. The summed E-state index contributed by atoms with van der Waals surface area (Å²) in [5.74, 6) is -2.99. The molecule has 35 heavy (non-hydrogen) atoms. The molecule has 2 aliphatic heterocycles. The number of aliphatic hydroxyl groups is 3. The van der Waals surface area contributed by atoms with Gasteiger partial charge in [0.05, 0.1) is 18.8 Å². The van der Waals surface area contributed by atoms with Crippen LogP contribution in [0.2, 0.25) is 0 Å². The Labute approximate surface area is 202 Å². The summed E-state index contributed by atoms with van der Waals surface area (Å²) in [5.41, 5.74) is 5.52. The Morgan fingerprint density at radius 3 is 2.49 bits per heavy atom. The second-order valence-electron chi connectivity index (χ2n) is 8.87. The molecule has 14 nitrogen and oxygen atoms in total. The number of carbonyl (C=O) groups excluding carboxylic acids is 3. The van der Waals surface area contributed by atoms with Gasteiger partial charge in [0, 0.05) is 19.9 Å². The smallest absolute Gasteiger partial charge is 0.303 e. The molecule has 14 heteroatoms. The van der Waals surface area contributed by atoms with Gasteiger partial charge in [-0.05, 0) is 32.7 Å². The first-order valence-corrected chi connectivity index (χ1v) is 11.6. The first-order chi connectivity index (χ1) is 16.5. The Hall–Kier alpha value is -2.36. The number of aliphatic carboxylic acids is 1. The van der Waals surface area contributed by atoms with Gasteiger partial charge in [0.1, 0.15) is 30.4 Å². The average molecular weight is 505 g/mol. The summed E-state index contributed by atoms with van der Waals surface area (Å²) in [7, 11) is 0. The van der Waals surface area contributed by atoms with E-state index in [4.69, 9.17) is 20.3 Å². The Balaban J connectivity index is 2.25. The molecule has 0 radical (unpaired) electrons. The molecule has 1 unspecified atom stereocenters. The summed E-state index contributed by atoms with van der Waals surface area (Å²) in [5, 5.41) is 45.0. The molecule has 0 saturated carbocycles. The molecule has 0 spiro atoms. The molecule has 0 aliphatic carbocycles. The van der Waals surface area contributed by atoms with E-state index in [1.54, 1.807) is 6.92 Å². The van der Waals surface area contributed by atoms with Crippen molar-refractivity contribution in [1.82, 2.24) is 15.5 Å². The second-order valence-corrected chi connectivity index (χ2v) is 8.87. The highest BCUT2D eigenvalue weighted by Crippen LogP contribution is 2.24. The molecule has 2 rings (SSSR count). The van der Waals surface area contributed by atoms with Crippen molar-refractivity contribution in [2.24, 2.45) is 5.73 Å². The van der Waals surface area contributed by atoms with Crippen LogP contribution >= 0.6 is 0 Å². The quantitative estimate of drug-likeness (QED) is 0.139. The fraction of sp³-hybridized carbons (Fsp3) is 0.810. The maximum Gasteiger partial charge on any atom is 0.303 e. The Bertz CT molecular complexity index is 762. The molecule has 8 atom stereocenters. The van der Waals surface area contributed by atoms with Gasteiger partial charge in [-0.15, -0.1) is 0 Å². The molecule has 0 bridgehead atoms. The fourth-order valence-electron chi connectivity index (χ4n) is 4.40. The number of carboxylic acids is 1. The van der Waals surface area contributed by atoms with Crippen molar-refractivity contribution in [2.75, 3.05) is 19.7 Å². The zero-order valence-corrected chi connectivity index (χ0v) is 19.8. The highest BCUT2D eigenvalue weighted by atomic mass is 16.6. The fourth-order valence-corrected chi connectivity index (χ4v) is 4.40. The molecule has 2 saturated heterocycles. The van der Waals surface area contributed by atoms with Crippen LogP contribution < -0.4 is 16.4 Å². The summed E-state index contributed by atoms with van der Waals surface area (Å²) < 4.78 is 11.1. The minimum absolute atomic E-state index is 0.193. The number of nitrogens with two attached hydrogens (primary N) is 1. The van der Waals surface area contributed by atoms with Crippen LogP contribution in [0.25, 0.3) is 0 Å². The molecular weight excluding hydrogens is 468 g/mol. The van der Waals surface area contributed by atoms with Gasteiger partial charge in [-0.3, -0.25) is 19.2 Å². The van der Waals surface area contributed by atoms with E-state index in [0.29, 0.717) is 13.0 Å². The van der Waals surface area contributed by atoms with Crippen LogP contribution in [0.3, 0.4) is 0 Å². The van der Waals surface area contributed by atoms with E-state index in [1.807, 2.05) is 0 Å². The van der Waals surface area contributed by atoms with E-state index in [1.165, 1.54) is 11.8 Å². The van der Waals surface area contributed by atoms with Crippen LogP contribution in [0.4, 0.5) is 0 Å². The van der Waals surface area contributed by atoms with Crippen molar-refractivity contribution < 1.29 is 49.1 Å². The summed E-state index contributed by atoms with van der Waals surface area (Å²) in [4.78, 5) is 49.4. The largest absolute Gasteiger partial charge is 0.481 e. The van der Waals surface area contributed by atoms with Crippen molar-refractivity contribution >= 4 is 23.7 Å². The maximum absolute atomic E-state index is 13.2. The van der Waals surface area contributed by atoms with Gasteiger partial charge >= 0.3 is 5.97 Å². The van der Waals surface area contributed by atoms with Gasteiger partial charge in [0.25, 0.3) is 0 Å².